The predicted molar refractivity (Wildman–Crippen MR) is 80.5 cm³/mol. The highest BCUT2D eigenvalue weighted by atomic mass is 32.2. The zero-order chi connectivity index (χ0) is 13.4. The molecular formula is C14H16N2OS2. The van der Waals surface area contributed by atoms with E-state index in [-0.39, 0.29) is 12.1 Å². The molecule has 1 aromatic heterocycles. The van der Waals surface area contributed by atoms with Crippen LogP contribution < -0.4 is 0 Å². The first-order valence-corrected chi connectivity index (χ1v) is 8.06. The van der Waals surface area contributed by atoms with Gasteiger partial charge in [0.25, 0.3) is 0 Å². The molecule has 0 saturated carbocycles. The van der Waals surface area contributed by atoms with Crippen LogP contribution in [0.5, 0.6) is 0 Å². The predicted octanol–water partition coefficient (Wildman–Crippen LogP) is 3.75. The number of aromatic nitrogens is 1. The van der Waals surface area contributed by atoms with Gasteiger partial charge in [-0.2, -0.15) is 0 Å². The standard InChI is InChI=1S/C14H16N2OS2/c1-9-7-11(17)8-10(2)16(9)19-14-15-12-5-3-4-6-13(12)18-14/h3-6,9-10H,7-8H2,1-2H3. The Bertz CT molecular complexity index is 563. The molecule has 1 aliphatic rings. The van der Waals surface area contributed by atoms with Crippen molar-refractivity contribution in [1.82, 2.24) is 9.29 Å². The molecule has 1 saturated heterocycles. The zero-order valence-corrected chi connectivity index (χ0v) is 12.6. The summed E-state index contributed by atoms with van der Waals surface area (Å²) in [5, 5.41) is 0. The summed E-state index contributed by atoms with van der Waals surface area (Å²) in [7, 11) is 0. The van der Waals surface area contributed by atoms with Crippen LogP contribution >= 0.6 is 23.3 Å². The lowest BCUT2D eigenvalue weighted by atomic mass is 9.99. The molecule has 2 heterocycles. The maximum absolute atomic E-state index is 11.6. The zero-order valence-electron chi connectivity index (χ0n) is 11.0. The number of carbonyl (C=O) groups excluding carboxylic acids is 1. The number of fused-ring (bicyclic) bond motifs is 1. The minimum atomic E-state index is 0.285. The van der Waals surface area contributed by atoms with Crippen molar-refractivity contribution in [3.63, 3.8) is 0 Å². The molecule has 0 N–H and O–H groups in total. The summed E-state index contributed by atoms with van der Waals surface area (Å²) in [6.45, 7) is 4.24. The van der Waals surface area contributed by atoms with Crippen LogP contribution in [0.25, 0.3) is 10.2 Å². The van der Waals surface area contributed by atoms with Crippen molar-refractivity contribution in [3.8, 4) is 0 Å². The number of Topliss-reactive ketones (excluding diaryl/α,β-unsaturated/α-hetero) is 1. The number of carbonyl (C=O) groups is 1. The van der Waals surface area contributed by atoms with Crippen LogP contribution in [0.15, 0.2) is 28.6 Å². The topological polar surface area (TPSA) is 33.2 Å². The van der Waals surface area contributed by atoms with Crippen molar-refractivity contribution >= 4 is 39.3 Å². The number of hydrogen-bond donors (Lipinski definition) is 0. The average molecular weight is 292 g/mol. The Hall–Kier alpha value is -0.910. The summed E-state index contributed by atoms with van der Waals surface area (Å²) in [5.74, 6) is 0.376. The van der Waals surface area contributed by atoms with E-state index in [1.54, 1.807) is 23.3 Å². The van der Waals surface area contributed by atoms with Gasteiger partial charge in [0, 0.05) is 24.9 Å². The molecule has 5 heteroatoms. The summed E-state index contributed by atoms with van der Waals surface area (Å²) in [4.78, 5) is 16.2. The minimum absolute atomic E-state index is 0.285. The maximum Gasteiger partial charge on any atom is 0.166 e. The highest BCUT2D eigenvalue weighted by Crippen LogP contribution is 2.36. The summed E-state index contributed by atoms with van der Waals surface area (Å²) in [6.07, 6.45) is 1.31. The molecule has 3 nitrogen and oxygen atoms in total. The number of para-hydroxylation sites is 1. The van der Waals surface area contributed by atoms with Gasteiger partial charge in [0.1, 0.15) is 5.78 Å². The third kappa shape index (κ3) is 2.68. The second kappa shape index (κ2) is 5.23. The molecule has 1 fully saturated rings. The van der Waals surface area contributed by atoms with Crippen molar-refractivity contribution < 1.29 is 4.79 Å². The van der Waals surface area contributed by atoms with Crippen molar-refractivity contribution in [3.05, 3.63) is 24.3 Å². The fraction of sp³-hybridized carbons (Fsp3) is 0.429. The second-order valence-electron chi connectivity index (χ2n) is 5.04. The molecule has 0 amide bonds. The lowest BCUT2D eigenvalue weighted by Gasteiger charge is -2.36. The fourth-order valence-corrected chi connectivity index (χ4v) is 4.72. The van der Waals surface area contributed by atoms with Gasteiger partial charge in [-0.15, -0.1) is 11.3 Å². The van der Waals surface area contributed by atoms with Crippen molar-refractivity contribution in [2.24, 2.45) is 0 Å². The van der Waals surface area contributed by atoms with Crippen molar-refractivity contribution in [2.75, 3.05) is 0 Å². The van der Waals surface area contributed by atoms with E-state index >= 15 is 0 Å². The molecule has 0 aliphatic carbocycles. The van der Waals surface area contributed by atoms with E-state index < -0.39 is 0 Å². The highest BCUT2D eigenvalue weighted by molar-refractivity contribution is 7.99. The monoisotopic (exact) mass is 292 g/mol. The minimum Gasteiger partial charge on any atom is -0.300 e. The number of ketones is 1. The first-order valence-electron chi connectivity index (χ1n) is 6.47. The number of thiazole rings is 1. The van der Waals surface area contributed by atoms with Gasteiger partial charge in [0.05, 0.1) is 10.2 Å². The Labute approximate surface area is 121 Å². The molecule has 0 bridgehead atoms. The van der Waals surface area contributed by atoms with Gasteiger partial charge in [-0.05, 0) is 37.9 Å². The fourth-order valence-electron chi connectivity index (χ4n) is 2.52. The van der Waals surface area contributed by atoms with Crippen LogP contribution in [-0.2, 0) is 4.79 Å². The quantitative estimate of drug-likeness (QED) is 0.789. The Morgan fingerprint density at radius 3 is 2.63 bits per heavy atom. The van der Waals surface area contributed by atoms with Crippen LogP contribution in [0, 0.1) is 0 Å². The first kappa shape index (κ1) is 13.1. The van der Waals surface area contributed by atoms with Crippen LogP contribution in [0.1, 0.15) is 26.7 Å². The number of piperidine rings is 1. The summed E-state index contributed by atoms with van der Waals surface area (Å²) in [5.41, 5.74) is 1.06. The molecule has 2 aromatic rings. The molecule has 0 spiro atoms. The molecular weight excluding hydrogens is 276 g/mol. The van der Waals surface area contributed by atoms with Gasteiger partial charge in [0.15, 0.2) is 4.34 Å². The van der Waals surface area contributed by atoms with Crippen molar-refractivity contribution in [1.29, 1.82) is 0 Å². The lowest BCUT2D eigenvalue weighted by Crippen LogP contribution is -2.42. The van der Waals surface area contributed by atoms with Gasteiger partial charge in [0.2, 0.25) is 0 Å². The number of nitrogens with zero attached hydrogens (tertiary/aromatic N) is 2. The molecule has 2 atom stereocenters. The van der Waals surface area contributed by atoms with Crippen LogP contribution in [0.4, 0.5) is 0 Å². The maximum atomic E-state index is 11.6. The van der Waals surface area contributed by atoms with Crippen LogP contribution in [0.3, 0.4) is 0 Å². The molecule has 1 aromatic carbocycles. The average Bonchev–Trinajstić information content (AvgIpc) is 2.76. The SMILES string of the molecule is CC1CC(=O)CC(C)N1Sc1nc2ccccc2s1. The number of hydrogen-bond acceptors (Lipinski definition) is 5. The van der Waals surface area contributed by atoms with E-state index in [1.165, 1.54) is 4.70 Å². The molecule has 3 rings (SSSR count). The highest BCUT2D eigenvalue weighted by Gasteiger charge is 2.30. The van der Waals surface area contributed by atoms with Crippen LogP contribution in [0.2, 0.25) is 0 Å². The molecule has 0 radical (unpaired) electrons. The molecule has 100 valence electrons. The second-order valence-corrected chi connectivity index (χ2v) is 7.32. The molecule has 19 heavy (non-hydrogen) atoms. The normalized spacial score (nSPS) is 25.1. The third-order valence-corrected chi connectivity index (χ3v) is 5.86. The van der Waals surface area contributed by atoms with Crippen molar-refractivity contribution in [2.45, 2.75) is 43.1 Å². The van der Waals surface area contributed by atoms with E-state index in [0.717, 1.165) is 9.86 Å². The molecule has 2 unspecified atom stereocenters. The smallest absolute Gasteiger partial charge is 0.166 e. The first-order chi connectivity index (χ1) is 9.13. The Morgan fingerprint density at radius 2 is 1.95 bits per heavy atom. The van der Waals surface area contributed by atoms with Gasteiger partial charge < -0.3 is 0 Å². The third-order valence-electron chi connectivity index (χ3n) is 3.37. The van der Waals surface area contributed by atoms with E-state index in [2.05, 4.69) is 29.2 Å². The lowest BCUT2D eigenvalue weighted by molar-refractivity contribution is -0.122. The van der Waals surface area contributed by atoms with Crippen LogP contribution in [-0.4, -0.2) is 27.2 Å². The Balaban J connectivity index is 1.82. The number of rotatable bonds is 2. The molecule has 1 aliphatic heterocycles. The summed E-state index contributed by atoms with van der Waals surface area (Å²) in [6, 6.07) is 8.77. The van der Waals surface area contributed by atoms with E-state index in [4.69, 9.17) is 0 Å². The van der Waals surface area contributed by atoms with E-state index in [9.17, 15) is 4.79 Å². The Morgan fingerprint density at radius 1 is 1.26 bits per heavy atom. The van der Waals surface area contributed by atoms with Gasteiger partial charge in [-0.1, -0.05) is 12.1 Å². The Kier molecular flexibility index (Phi) is 3.60. The van der Waals surface area contributed by atoms with Gasteiger partial charge in [-0.3, -0.25) is 4.79 Å². The van der Waals surface area contributed by atoms with Gasteiger partial charge >= 0.3 is 0 Å². The van der Waals surface area contributed by atoms with Gasteiger partial charge in [-0.25, -0.2) is 9.29 Å². The largest absolute Gasteiger partial charge is 0.300 e. The number of benzene rings is 1. The summed E-state index contributed by atoms with van der Waals surface area (Å²) >= 11 is 3.42. The van der Waals surface area contributed by atoms with E-state index in [0.29, 0.717) is 18.6 Å². The summed E-state index contributed by atoms with van der Waals surface area (Å²) < 4.78 is 4.60. The van der Waals surface area contributed by atoms with E-state index in [1.807, 2.05) is 18.2 Å².